The Labute approximate surface area is 292 Å². The molecular formula is C34H38ClF2N9O4. The number of hydrogen-bond donors (Lipinski definition) is 2. The van der Waals surface area contributed by atoms with Gasteiger partial charge in [0.15, 0.2) is 17.8 Å². The number of ether oxygens (including phenoxy) is 2. The first-order valence-corrected chi connectivity index (χ1v) is 16.3. The predicted octanol–water partition coefficient (Wildman–Crippen LogP) is 5.84. The van der Waals surface area contributed by atoms with Gasteiger partial charge in [0.2, 0.25) is 0 Å². The van der Waals surface area contributed by atoms with Crippen molar-refractivity contribution in [2.45, 2.75) is 46.3 Å². The summed E-state index contributed by atoms with van der Waals surface area (Å²) in [5.41, 5.74) is 9.65. The largest absolute Gasteiger partial charge is 0.447 e. The Morgan fingerprint density at radius 1 is 1.14 bits per heavy atom. The minimum absolute atomic E-state index is 0.00869. The van der Waals surface area contributed by atoms with Crippen LogP contribution in [0.3, 0.4) is 0 Å². The van der Waals surface area contributed by atoms with Crippen LogP contribution in [-0.4, -0.2) is 85.6 Å². The van der Waals surface area contributed by atoms with E-state index in [1.165, 1.54) is 23.6 Å². The van der Waals surface area contributed by atoms with Gasteiger partial charge in [-0.1, -0.05) is 69.6 Å². The van der Waals surface area contributed by atoms with E-state index in [2.05, 4.69) is 53.0 Å². The van der Waals surface area contributed by atoms with Gasteiger partial charge in [0.05, 0.1) is 35.9 Å². The highest BCUT2D eigenvalue weighted by Gasteiger charge is 2.51. The highest BCUT2D eigenvalue weighted by atomic mass is 35.5. The Bertz CT molecular complexity index is 1860. The Morgan fingerprint density at radius 2 is 1.84 bits per heavy atom. The summed E-state index contributed by atoms with van der Waals surface area (Å²) in [4.78, 5) is 38.4. The number of carbonyl (C=O) groups is 2. The fraction of sp³-hybridized carbons (Fsp3) is 0.412. The maximum Gasteiger partial charge on any atom is 0.409 e. The molecule has 0 aliphatic carbocycles. The number of aromatic amines is 1. The summed E-state index contributed by atoms with van der Waals surface area (Å²) in [7, 11) is 0. The molecular weight excluding hydrogens is 672 g/mol. The van der Waals surface area contributed by atoms with Gasteiger partial charge in [-0.05, 0) is 34.2 Å². The number of hydrogen-bond acceptors (Lipinski definition) is 9. The number of likely N-dealkylation sites (tertiary alicyclic amines) is 1. The summed E-state index contributed by atoms with van der Waals surface area (Å²) < 4.78 is 37.5. The number of halogens is 3. The molecule has 2 saturated heterocycles. The van der Waals surface area contributed by atoms with Gasteiger partial charge >= 0.3 is 12.6 Å². The number of nitrogens with zero attached hydrogens (tertiary/aromatic N) is 7. The minimum Gasteiger partial charge on any atom is -0.447 e. The summed E-state index contributed by atoms with van der Waals surface area (Å²) in [6, 6.07) is 10.0. The third kappa shape index (κ3) is 7.48. The van der Waals surface area contributed by atoms with Crippen LogP contribution in [0.25, 0.3) is 22.5 Å². The van der Waals surface area contributed by atoms with E-state index in [4.69, 9.17) is 26.8 Å². The average molecular weight is 710 g/mol. The molecule has 4 aromatic rings. The highest BCUT2D eigenvalue weighted by Crippen LogP contribution is 2.39. The number of nitrogens with two attached hydrogens (primary N) is 1. The molecule has 0 saturated carbocycles. The van der Waals surface area contributed by atoms with Crippen molar-refractivity contribution in [3.05, 3.63) is 77.3 Å². The number of amides is 2. The van der Waals surface area contributed by atoms with Crippen LogP contribution in [-0.2, 0) is 14.3 Å². The first-order chi connectivity index (χ1) is 23.7. The van der Waals surface area contributed by atoms with Crippen molar-refractivity contribution in [2.75, 3.05) is 32.9 Å². The number of aromatic nitrogens is 5. The standard InChI is InChI=1S/C29H26ClF2N9O4.C5H12/c30-21-6-5-18(7-20(21)24-34-15-35-38-24)22(10-45-28(43)39-11-29(12-39)13-44-14-29)41-25(42)23(37-27(41)33)17-3-1-16(2-4-17)19-8-36-40(9-19)26(31)32;1-5(2,3)4/h1-9,15,22-23,26H,10-14H2,(H2,33,37)(H,34,35,38);1-4H3. The van der Waals surface area contributed by atoms with E-state index in [9.17, 15) is 18.4 Å². The molecule has 2 aromatic heterocycles. The van der Waals surface area contributed by atoms with Crippen molar-refractivity contribution in [1.82, 2.24) is 34.8 Å². The first kappa shape index (κ1) is 35.0. The van der Waals surface area contributed by atoms with Crippen molar-refractivity contribution in [2.24, 2.45) is 21.6 Å². The van der Waals surface area contributed by atoms with Crippen molar-refractivity contribution < 1.29 is 27.8 Å². The van der Waals surface area contributed by atoms with Gasteiger partial charge in [0.25, 0.3) is 5.91 Å². The second-order valence-corrected chi connectivity index (χ2v) is 14.6. The highest BCUT2D eigenvalue weighted by molar-refractivity contribution is 6.33. The molecule has 7 rings (SSSR count). The first-order valence-electron chi connectivity index (χ1n) is 15.9. The van der Waals surface area contributed by atoms with E-state index in [-0.39, 0.29) is 18.0 Å². The number of aliphatic imine (C=N–C) groups is 1. The van der Waals surface area contributed by atoms with Crippen LogP contribution in [0.1, 0.15) is 57.5 Å². The maximum atomic E-state index is 13.9. The average Bonchev–Trinajstić information content (AvgIpc) is 3.78. The second kappa shape index (κ2) is 13.8. The molecule has 2 unspecified atom stereocenters. The molecule has 2 amide bonds. The van der Waals surface area contributed by atoms with E-state index in [1.807, 2.05) is 0 Å². The van der Waals surface area contributed by atoms with Crippen LogP contribution < -0.4 is 5.73 Å². The Kier molecular flexibility index (Phi) is 9.64. The quantitative estimate of drug-likeness (QED) is 0.231. The summed E-state index contributed by atoms with van der Waals surface area (Å²) in [5, 5.41) is 10.7. The molecule has 1 spiro atoms. The summed E-state index contributed by atoms with van der Waals surface area (Å²) in [6.07, 6.45) is 3.42. The third-order valence-corrected chi connectivity index (χ3v) is 8.52. The number of alkyl halides is 2. The van der Waals surface area contributed by atoms with Crippen molar-refractivity contribution >= 4 is 29.6 Å². The molecule has 5 heterocycles. The van der Waals surface area contributed by atoms with Crippen LogP contribution in [0.4, 0.5) is 13.6 Å². The van der Waals surface area contributed by atoms with Gasteiger partial charge in [0, 0.05) is 30.4 Å². The number of H-pyrrole nitrogens is 1. The zero-order chi connectivity index (χ0) is 35.8. The smallest absolute Gasteiger partial charge is 0.409 e. The number of carbonyl (C=O) groups excluding carboxylic acids is 2. The van der Waals surface area contributed by atoms with E-state index in [0.717, 1.165) is 0 Å². The number of benzene rings is 2. The second-order valence-electron chi connectivity index (χ2n) is 14.2. The normalized spacial score (nSPS) is 18.7. The van der Waals surface area contributed by atoms with Gasteiger partial charge in [0.1, 0.15) is 12.9 Å². The molecule has 50 heavy (non-hydrogen) atoms. The molecule has 16 heteroatoms. The number of guanidine groups is 1. The summed E-state index contributed by atoms with van der Waals surface area (Å²) in [6.45, 7) is 8.10. The van der Waals surface area contributed by atoms with Gasteiger partial charge in [-0.25, -0.2) is 19.5 Å². The van der Waals surface area contributed by atoms with E-state index >= 15 is 0 Å². The van der Waals surface area contributed by atoms with Crippen LogP contribution >= 0.6 is 11.6 Å². The topological polar surface area (TPSA) is 157 Å². The third-order valence-electron chi connectivity index (χ3n) is 8.19. The molecule has 0 bridgehead atoms. The zero-order valence-electron chi connectivity index (χ0n) is 28.0. The lowest BCUT2D eigenvalue weighted by Gasteiger charge is -2.54. The Morgan fingerprint density at radius 3 is 2.42 bits per heavy atom. The van der Waals surface area contributed by atoms with Gasteiger partial charge in [-0.2, -0.15) is 19.0 Å². The fourth-order valence-electron chi connectivity index (χ4n) is 5.77. The zero-order valence-corrected chi connectivity index (χ0v) is 28.8. The summed E-state index contributed by atoms with van der Waals surface area (Å²) in [5.74, 6) is -0.0749. The number of rotatable bonds is 8. The Balaban J connectivity index is 0.000000808. The maximum absolute atomic E-state index is 13.9. The molecule has 3 N–H and O–H groups in total. The Hall–Kier alpha value is -4.89. The van der Waals surface area contributed by atoms with Crippen LogP contribution in [0.5, 0.6) is 0 Å². The molecule has 0 radical (unpaired) electrons. The summed E-state index contributed by atoms with van der Waals surface area (Å²) >= 11 is 6.47. The molecule has 13 nitrogen and oxygen atoms in total. The van der Waals surface area contributed by atoms with Crippen LogP contribution in [0.2, 0.25) is 5.02 Å². The molecule has 2 fully saturated rings. The lowest BCUT2D eigenvalue weighted by atomic mass is 9.78. The minimum atomic E-state index is -2.75. The van der Waals surface area contributed by atoms with Gasteiger partial charge in [-0.3, -0.25) is 14.8 Å². The predicted molar refractivity (Wildman–Crippen MR) is 181 cm³/mol. The van der Waals surface area contributed by atoms with E-state index in [1.54, 1.807) is 47.4 Å². The molecule has 2 aromatic carbocycles. The van der Waals surface area contributed by atoms with Crippen LogP contribution in [0.15, 0.2) is 66.2 Å². The molecule has 3 aliphatic heterocycles. The molecule has 2 atom stereocenters. The van der Waals surface area contributed by atoms with Gasteiger partial charge < -0.3 is 20.1 Å². The lowest BCUT2D eigenvalue weighted by molar-refractivity contribution is -0.180. The lowest BCUT2D eigenvalue weighted by Crippen LogP contribution is -2.67. The number of nitrogens with one attached hydrogen (secondary N) is 1. The van der Waals surface area contributed by atoms with Gasteiger partial charge in [-0.15, -0.1) is 0 Å². The fourth-order valence-corrected chi connectivity index (χ4v) is 5.98. The molecule has 264 valence electrons. The van der Waals surface area contributed by atoms with Crippen molar-refractivity contribution in [3.63, 3.8) is 0 Å². The van der Waals surface area contributed by atoms with Crippen molar-refractivity contribution in [3.8, 4) is 22.5 Å². The SMILES string of the molecule is CC(C)(C)C.NC1=NC(c2ccc(-c3cnn(C(F)F)c3)cc2)C(=O)N1C(COC(=O)N1CC2(COC2)C1)c1ccc(Cl)c(-c2ncn[nH]2)c1. The van der Waals surface area contributed by atoms with E-state index < -0.39 is 30.6 Å². The van der Waals surface area contributed by atoms with Crippen molar-refractivity contribution in [1.29, 1.82) is 0 Å². The molecule has 3 aliphatic rings. The van der Waals surface area contributed by atoms with E-state index in [0.29, 0.717) is 75.1 Å². The monoisotopic (exact) mass is 709 g/mol. The van der Waals surface area contributed by atoms with Crippen LogP contribution in [0, 0.1) is 10.8 Å².